The third-order valence-corrected chi connectivity index (χ3v) is 5.62. The molecule has 2 aromatic rings. The van der Waals surface area contributed by atoms with Gasteiger partial charge in [0.15, 0.2) is 0 Å². The van der Waals surface area contributed by atoms with E-state index in [1.54, 1.807) is 13.2 Å². The van der Waals surface area contributed by atoms with Crippen LogP contribution < -0.4 is 4.74 Å². The number of halogens is 2. The summed E-state index contributed by atoms with van der Waals surface area (Å²) >= 11 is 0. The highest BCUT2D eigenvalue weighted by atomic mass is 35.5. The van der Waals surface area contributed by atoms with Crippen molar-refractivity contribution in [3.05, 3.63) is 65.0 Å². The summed E-state index contributed by atoms with van der Waals surface area (Å²) in [6, 6.07) is 13.6. The number of aryl methyl sites for hydroxylation is 1. The van der Waals surface area contributed by atoms with Crippen molar-refractivity contribution in [3.8, 4) is 5.75 Å². The fourth-order valence-corrected chi connectivity index (χ4v) is 4.34. The van der Waals surface area contributed by atoms with Gasteiger partial charge in [-0.05, 0) is 78.6 Å². The van der Waals surface area contributed by atoms with Crippen LogP contribution in [0.4, 0.5) is 4.39 Å². The number of ether oxygens (including phenoxy) is 1. The van der Waals surface area contributed by atoms with Crippen LogP contribution in [0.15, 0.2) is 42.5 Å². The van der Waals surface area contributed by atoms with Gasteiger partial charge in [0.1, 0.15) is 11.6 Å². The van der Waals surface area contributed by atoms with Gasteiger partial charge in [0.25, 0.3) is 0 Å². The molecule has 4 heteroatoms. The number of likely N-dealkylation sites (tertiary alicyclic amines) is 1. The van der Waals surface area contributed by atoms with E-state index in [4.69, 9.17) is 4.74 Å². The van der Waals surface area contributed by atoms with E-state index in [2.05, 4.69) is 29.2 Å². The Morgan fingerprint density at radius 1 is 1.16 bits per heavy atom. The molecule has 0 amide bonds. The van der Waals surface area contributed by atoms with Crippen LogP contribution in [0, 0.1) is 5.82 Å². The third-order valence-electron chi connectivity index (χ3n) is 5.62. The quantitative estimate of drug-likeness (QED) is 0.777. The molecule has 0 saturated carbocycles. The second-order valence-corrected chi connectivity index (χ2v) is 7.10. The maximum atomic E-state index is 13.4. The Bertz CT molecular complexity index is 736. The van der Waals surface area contributed by atoms with Crippen molar-refractivity contribution >= 4 is 12.4 Å². The molecule has 2 nitrogen and oxygen atoms in total. The van der Waals surface area contributed by atoms with Gasteiger partial charge in [0.2, 0.25) is 0 Å². The Kier molecular flexibility index (Phi) is 5.65. The van der Waals surface area contributed by atoms with Gasteiger partial charge in [-0.25, -0.2) is 4.39 Å². The third kappa shape index (κ3) is 3.83. The molecule has 1 aliphatic heterocycles. The zero-order valence-corrected chi connectivity index (χ0v) is 15.4. The zero-order valence-electron chi connectivity index (χ0n) is 14.6. The Morgan fingerprint density at radius 2 is 2.04 bits per heavy atom. The predicted octanol–water partition coefficient (Wildman–Crippen LogP) is 4.78. The Labute approximate surface area is 155 Å². The van der Waals surface area contributed by atoms with E-state index in [1.165, 1.54) is 23.6 Å². The molecule has 0 N–H and O–H groups in total. The van der Waals surface area contributed by atoms with Crippen molar-refractivity contribution in [2.75, 3.05) is 26.7 Å². The fourth-order valence-electron chi connectivity index (χ4n) is 4.34. The summed E-state index contributed by atoms with van der Waals surface area (Å²) in [7, 11) is 1.73. The van der Waals surface area contributed by atoms with Gasteiger partial charge in [0.05, 0.1) is 7.11 Å². The van der Waals surface area contributed by atoms with Crippen LogP contribution in [0.2, 0.25) is 0 Å². The summed E-state index contributed by atoms with van der Waals surface area (Å²) in [5.74, 6) is 1.93. The summed E-state index contributed by atoms with van der Waals surface area (Å²) in [5, 5.41) is 0. The first-order valence-electron chi connectivity index (χ1n) is 8.87. The van der Waals surface area contributed by atoms with Crippen LogP contribution in [0.25, 0.3) is 0 Å². The number of hydrogen-bond acceptors (Lipinski definition) is 2. The minimum atomic E-state index is -0.121. The molecule has 1 saturated heterocycles. The molecule has 2 aromatic carbocycles. The molecule has 0 aromatic heterocycles. The van der Waals surface area contributed by atoms with Crippen LogP contribution >= 0.6 is 12.4 Å². The van der Waals surface area contributed by atoms with Crippen molar-refractivity contribution in [3.63, 3.8) is 0 Å². The molecule has 1 fully saturated rings. The van der Waals surface area contributed by atoms with E-state index in [1.807, 2.05) is 6.07 Å². The molecule has 2 aliphatic rings. The number of rotatable bonds is 4. The largest absolute Gasteiger partial charge is 0.497 e. The summed E-state index contributed by atoms with van der Waals surface area (Å²) < 4.78 is 18.8. The molecule has 0 radical (unpaired) electrons. The molecule has 2 unspecified atom stereocenters. The van der Waals surface area contributed by atoms with Crippen LogP contribution in [-0.4, -0.2) is 31.6 Å². The summed E-state index contributed by atoms with van der Waals surface area (Å²) in [5.41, 5.74) is 4.08. The molecule has 1 heterocycles. The van der Waals surface area contributed by atoms with E-state index >= 15 is 0 Å². The maximum Gasteiger partial charge on any atom is 0.123 e. The summed E-state index contributed by atoms with van der Waals surface area (Å²) in [6.07, 6.45) is 3.51. The van der Waals surface area contributed by atoms with E-state index < -0.39 is 0 Å². The molecule has 4 rings (SSSR count). The first kappa shape index (κ1) is 18.2. The lowest BCUT2D eigenvalue weighted by Gasteiger charge is -2.21. The molecular formula is C21H25ClFNO. The molecule has 134 valence electrons. The van der Waals surface area contributed by atoms with Crippen molar-refractivity contribution in [2.45, 2.75) is 31.1 Å². The van der Waals surface area contributed by atoms with E-state index in [9.17, 15) is 4.39 Å². The molecular weight excluding hydrogens is 337 g/mol. The highest BCUT2D eigenvalue weighted by Gasteiger charge is 2.29. The highest BCUT2D eigenvalue weighted by molar-refractivity contribution is 5.85. The van der Waals surface area contributed by atoms with Crippen LogP contribution in [-0.2, 0) is 6.42 Å². The standard InChI is InChI=1S/C21H24FNO.ClH/c1-24-20-7-8-21-16(12-20)5-6-18(21)14-23-10-9-17(13-23)15-3-2-4-19(22)11-15;/h2-4,7-8,11-12,17-18H,5-6,9-10,13-14H2,1H3;1H. The second kappa shape index (κ2) is 7.76. The minimum Gasteiger partial charge on any atom is -0.497 e. The first-order chi connectivity index (χ1) is 11.7. The number of benzene rings is 2. The van der Waals surface area contributed by atoms with Gasteiger partial charge >= 0.3 is 0 Å². The Hall–Kier alpha value is -1.58. The molecule has 0 bridgehead atoms. The Morgan fingerprint density at radius 3 is 2.84 bits per heavy atom. The summed E-state index contributed by atoms with van der Waals surface area (Å²) in [4.78, 5) is 2.56. The molecule has 1 aliphatic carbocycles. The monoisotopic (exact) mass is 361 g/mol. The van der Waals surface area contributed by atoms with Gasteiger partial charge in [-0.2, -0.15) is 0 Å². The number of fused-ring (bicyclic) bond motifs is 1. The smallest absolute Gasteiger partial charge is 0.123 e. The second-order valence-electron chi connectivity index (χ2n) is 7.10. The average molecular weight is 362 g/mol. The van der Waals surface area contributed by atoms with Gasteiger partial charge in [0, 0.05) is 13.1 Å². The van der Waals surface area contributed by atoms with Crippen LogP contribution in [0.1, 0.15) is 41.4 Å². The summed E-state index contributed by atoms with van der Waals surface area (Å²) in [6.45, 7) is 3.28. The van der Waals surface area contributed by atoms with Crippen molar-refractivity contribution < 1.29 is 9.13 Å². The van der Waals surface area contributed by atoms with Crippen LogP contribution in [0.3, 0.4) is 0 Å². The van der Waals surface area contributed by atoms with Gasteiger partial charge < -0.3 is 9.64 Å². The molecule has 0 spiro atoms. The van der Waals surface area contributed by atoms with Crippen molar-refractivity contribution in [1.29, 1.82) is 0 Å². The van der Waals surface area contributed by atoms with E-state index in [0.29, 0.717) is 11.8 Å². The lowest BCUT2D eigenvalue weighted by atomic mass is 9.98. The lowest BCUT2D eigenvalue weighted by molar-refractivity contribution is 0.309. The SMILES string of the molecule is COc1ccc2c(c1)CCC2CN1CCC(c2cccc(F)c2)C1.Cl. The van der Waals surface area contributed by atoms with Gasteiger partial charge in [-0.3, -0.25) is 0 Å². The number of methoxy groups -OCH3 is 1. The lowest BCUT2D eigenvalue weighted by Crippen LogP contribution is -2.25. The van der Waals surface area contributed by atoms with Gasteiger partial charge in [-0.1, -0.05) is 18.2 Å². The average Bonchev–Trinajstić information content (AvgIpc) is 3.22. The van der Waals surface area contributed by atoms with Crippen molar-refractivity contribution in [2.24, 2.45) is 0 Å². The van der Waals surface area contributed by atoms with Gasteiger partial charge in [-0.15, -0.1) is 12.4 Å². The highest BCUT2D eigenvalue weighted by Crippen LogP contribution is 2.37. The fraction of sp³-hybridized carbons (Fsp3) is 0.429. The van der Waals surface area contributed by atoms with E-state index in [-0.39, 0.29) is 18.2 Å². The topological polar surface area (TPSA) is 12.5 Å². The van der Waals surface area contributed by atoms with Crippen LogP contribution in [0.5, 0.6) is 5.75 Å². The van der Waals surface area contributed by atoms with E-state index in [0.717, 1.165) is 43.8 Å². The normalized spacial score (nSPS) is 22.5. The minimum absolute atomic E-state index is 0. The predicted molar refractivity (Wildman–Crippen MR) is 102 cm³/mol. The molecule has 25 heavy (non-hydrogen) atoms. The zero-order chi connectivity index (χ0) is 16.5. The van der Waals surface area contributed by atoms with Crippen molar-refractivity contribution in [1.82, 2.24) is 4.90 Å². The first-order valence-corrected chi connectivity index (χ1v) is 8.87. The number of hydrogen-bond donors (Lipinski definition) is 0. The maximum absolute atomic E-state index is 13.4. The molecule has 2 atom stereocenters. The Balaban J connectivity index is 0.00000182. The number of nitrogens with zero attached hydrogens (tertiary/aromatic N) is 1.